The van der Waals surface area contributed by atoms with Crippen LogP contribution in [0.5, 0.6) is 5.75 Å². The molecule has 0 saturated heterocycles. The van der Waals surface area contributed by atoms with Crippen LogP contribution in [0.2, 0.25) is 0 Å². The van der Waals surface area contributed by atoms with E-state index in [9.17, 15) is 13.2 Å². The first kappa shape index (κ1) is 16.7. The van der Waals surface area contributed by atoms with E-state index < -0.39 is 22.0 Å². The highest BCUT2D eigenvalue weighted by atomic mass is 79.9. The summed E-state index contributed by atoms with van der Waals surface area (Å²) >= 11 is 3.18. The molecule has 0 fully saturated rings. The van der Waals surface area contributed by atoms with Gasteiger partial charge in [-0.2, -0.15) is 4.72 Å². The van der Waals surface area contributed by atoms with Crippen LogP contribution in [0.25, 0.3) is 0 Å². The van der Waals surface area contributed by atoms with E-state index in [1.54, 1.807) is 0 Å². The number of rotatable bonds is 5. The molecule has 0 aliphatic carbocycles. The topological polar surface area (TPSA) is 108 Å². The second-order valence-corrected chi connectivity index (χ2v) is 6.43. The molecule has 0 heterocycles. The highest BCUT2D eigenvalue weighted by Gasteiger charge is 2.26. The fourth-order valence-electron chi connectivity index (χ4n) is 1.44. The number of hydrogen-bond acceptors (Lipinski definition) is 6. The van der Waals surface area contributed by atoms with Gasteiger partial charge >= 0.3 is 5.97 Å². The molecule has 0 radical (unpaired) electrons. The lowest BCUT2D eigenvalue weighted by Crippen LogP contribution is -2.39. The molecule has 0 spiro atoms. The predicted octanol–water partition coefficient (Wildman–Crippen LogP) is 0.880. The maximum Gasteiger partial charge on any atom is 0.323 e. The number of halogens is 1. The van der Waals surface area contributed by atoms with Crippen LogP contribution >= 0.6 is 15.9 Å². The highest BCUT2D eigenvalue weighted by molar-refractivity contribution is 9.10. The predicted molar refractivity (Wildman–Crippen MR) is 76.9 cm³/mol. The zero-order valence-corrected chi connectivity index (χ0v) is 13.5. The number of nitrogen functional groups attached to an aromatic ring is 1. The van der Waals surface area contributed by atoms with Gasteiger partial charge < -0.3 is 15.2 Å². The van der Waals surface area contributed by atoms with Crippen LogP contribution in [0.3, 0.4) is 0 Å². The Morgan fingerprint density at radius 1 is 1.40 bits per heavy atom. The van der Waals surface area contributed by atoms with Gasteiger partial charge in [0.2, 0.25) is 10.0 Å². The van der Waals surface area contributed by atoms with Gasteiger partial charge in [0.15, 0.2) is 0 Å². The lowest BCUT2D eigenvalue weighted by Gasteiger charge is -2.15. The zero-order chi connectivity index (χ0) is 15.5. The van der Waals surface area contributed by atoms with Crippen LogP contribution in [-0.2, 0) is 19.6 Å². The molecule has 1 aromatic carbocycles. The maximum atomic E-state index is 12.2. The molecule has 0 aromatic heterocycles. The fourth-order valence-corrected chi connectivity index (χ4v) is 3.14. The molecule has 0 saturated carbocycles. The van der Waals surface area contributed by atoms with Crippen molar-refractivity contribution >= 4 is 37.6 Å². The molecule has 0 aliphatic heterocycles. The third kappa shape index (κ3) is 3.62. The Bertz CT molecular complexity index is 617. The number of hydrogen-bond donors (Lipinski definition) is 2. The van der Waals surface area contributed by atoms with E-state index in [4.69, 9.17) is 10.5 Å². The van der Waals surface area contributed by atoms with Gasteiger partial charge in [0.05, 0.1) is 14.2 Å². The summed E-state index contributed by atoms with van der Waals surface area (Å²) in [5.74, 6) is -0.590. The molecule has 1 unspecified atom stereocenters. The van der Waals surface area contributed by atoms with Crippen molar-refractivity contribution in [2.45, 2.75) is 17.9 Å². The van der Waals surface area contributed by atoms with Crippen LogP contribution in [0.15, 0.2) is 21.5 Å². The van der Waals surface area contributed by atoms with Crippen molar-refractivity contribution in [3.05, 3.63) is 16.6 Å². The van der Waals surface area contributed by atoms with Crippen LogP contribution in [0, 0.1) is 0 Å². The molecule has 20 heavy (non-hydrogen) atoms. The molecule has 112 valence electrons. The minimum atomic E-state index is -3.97. The number of benzene rings is 1. The summed E-state index contributed by atoms with van der Waals surface area (Å²) < 4.78 is 36.7. The Morgan fingerprint density at radius 3 is 2.50 bits per heavy atom. The van der Waals surface area contributed by atoms with E-state index in [0.717, 1.165) is 0 Å². The first-order valence-electron chi connectivity index (χ1n) is 5.46. The Balaban J connectivity index is 3.22. The summed E-state index contributed by atoms with van der Waals surface area (Å²) in [5.41, 5.74) is 5.90. The second kappa shape index (κ2) is 6.42. The number of carbonyl (C=O) groups excluding carboxylic acids is 1. The van der Waals surface area contributed by atoms with Gasteiger partial charge in [0.1, 0.15) is 16.7 Å². The van der Waals surface area contributed by atoms with E-state index in [1.165, 1.54) is 33.3 Å². The summed E-state index contributed by atoms with van der Waals surface area (Å²) in [6.07, 6.45) is 0. The molecular formula is C11H15BrN2O5S. The minimum Gasteiger partial charge on any atom is -0.495 e. The van der Waals surface area contributed by atoms with E-state index in [-0.39, 0.29) is 16.3 Å². The molecule has 1 aromatic rings. The first-order valence-corrected chi connectivity index (χ1v) is 7.73. The quantitative estimate of drug-likeness (QED) is 0.591. The van der Waals surface area contributed by atoms with Gasteiger partial charge in [-0.25, -0.2) is 8.42 Å². The molecule has 1 rings (SSSR count). The fraction of sp³-hybridized carbons (Fsp3) is 0.364. The number of methoxy groups -OCH3 is 2. The first-order chi connectivity index (χ1) is 9.22. The Kier molecular flexibility index (Phi) is 5.37. The summed E-state index contributed by atoms with van der Waals surface area (Å²) in [6, 6.07) is 1.65. The van der Waals surface area contributed by atoms with Crippen LogP contribution < -0.4 is 15.2 Å². The number of nitrogens with two attached hydrogens (primary N) is 1. The summed E-state index contributed by atoms with van der Waals surface area (Å²) in [4.78, 5) is 11.1. The number of ether oxygens (including phenoxy) is 2. The summed E-state index contributed by atoms with van der Waals surface area (Å²) in [6.45, 7) is 1.37. The summed E-state index contributed by atoms with van der Waals surface area (Å²) in [7, 11) is -1.47. The van der Waals surface area contributed by atoms with Gasteiger partial charge in [-0.15, -0.1) is 0 Å². The second-order valence-electron chi connectivity index (χ2n) is 3.89. The Labute approximate surface area is 125 Å². The van der Waals surface area contributed by atoms with Crippen molar-refractivity contribution in [2.24, 2.45) is 0 Å². The SMILES string of the molecule is COC(=O)C(C)NS(=O)(=O)c1cc(N)c(Br)cc1OC. The van der Waals surface area contributed by atoms with Gasteiger partial charge in [-0.3, -0.25) is 4.79 Å². The van der Waals surface area contributed by atoms with Gasteiger partial charge in [-0.05, 0) is 35.0 Å². The molecule has 3 N–H and O–H groups in total. The van der Waals surface area contributed by atoms with Crippen LogP contribution in [-0.4, -0.2) is 34.6 Å². The van der Waals surface area contributed by atoms with E-state index >= 15 is 0 Å². The molecule has 0 aliphatic rings. The maximum absolute atomic E-state index is 12.2. The zero-order valence-electron chi connectivity index (χ0n) is 11.1. The van der Waals surface area contributed by atoms with Crippen LogP contribution in [0.4, 0.5) is 5.69 Å². The molecular weight excluding hydrogens is 352 g/mol. The van der Waals surface area contributed by atoms with E-state index in [2.05, 4.69) is 25.4 Å². The van der Waals surface area contributed by atoms with Gasteiger partial charge in [0, 0.05) is 10.2 Å². The minimum absolute atomic E-state index is 0.107. The third-order valence-corrected chi connectivity index (χ3v) is 4.71. The normalized spacial score (nSPS) is 12.8. The highest BCUT2D eigenvalue weighted by Crippen LogP contribution is 2.32. The van der Waals surface area contributed by atoms with Crippen molar-refractivity contribution in [2.75, 3.05) is 20.0 Å². The monoisotopic (exact) mass is 366 g/mol. The van der Waals surface area contributed by atoms with Gasteiger partial charge in [-0.1, -0.05) is 0 Å². The van der Waals surface area contributed by atoms with Crippen molar-refractivity contribution in [3.8, 4) is 5.75 Å². The van der Waals surface area contributed by atoms with Crippen molar-refractivity contribution < 1.29 is 22.7 Å². The molecule has 1 atom stereocenters. The van der Waals surface area contributed by atoms with Crippen molar-refractivity contribution in [3.63, 3.8) is 0 Å². The Morgan fingerprint density at radius 2 is 2.00 bits per heavy atom. The third-order valence-electron chi connectivity index (χ3n) is 2.46. The number of sulfonamides is 1. The molecule has 7 nitrogen and oxygen atoms in total. The average molecular weight is 367 g/mol. The van der Waals surface area contributed by atoms with E-state index in [0.29, 0.717) is 4.47 Å². The smallest absolute Gasteiger partial charge is 0.323 e. The largest absolute Gasteiger partial charge is 0.495 e. The Hall–Kier alpha value is -1.32. The average Bonchev–Trinajstić information content (AvgIpc) is 2.39. The lowest BCUT2D eigenvalue weighted by atomic mass is 10.3. The summed E-state index contributed by atoms with van der Waals surface area (Å²) in [5, 5.41) is 0. The molecule has 0 amide bonds. The van der Waals surface area contributed by atoms with Crippen molar-refractivity contribution in [1.29, 1.82) is 0 Å². The number of nitrogens with one attached hydrogen (secondary N) is 1. The number of esters is 1. The standard InChI is InChI=1S/C11H15BrN2O5S/c1-6(11(15)19-3)14-20(16,17)10-5-8(13)7(12)4-9(10)18-2/h4-6,14H,13H2,1-3H3. The molecule has 9 heteroatoms. The van der Waals surface area contributed by atoms with Crippen LogP contribution in [0.1, 0.15) is 6.92 Å². The number of anilines is 1. The van der Waals surface area contributed by atoms with Gasteiger partial charge in [0.25, 0.3) is 0 Å². The van der Waals surface area contributed by atoms with Crippen molar-refractivity contribution in [1.82, 2.24) is 4.72 Å². The molecule has 0 bridgehead atoms. The number of carbonyl (C=O) groups is 1. The van der Waals surface area contributed by atoms with E-state index in [1.807, 2.05) is 0 Å². The lowest BCUT2D eigenvalue weighted by molar-refractivity contribution is -0.142.